The number of phenols is 1. The van der Waals surface area contributed by atoms with Gasteiger partial charge >= 0.3 is 5.97 Å². The number of anilines is 1. The fourth-order valence-corrected chi connectivity index (χ4v) is 4.17. The van der Waals surface area contributed by atoms with Gasteiger partial charge in [-0.3, -0.25) is 14.5 Å². The fraction of sp³-hybridized carbons (Fsp3) is 0.207. The summed E-state index contributed by atoms with van der Waals surface area (Å²) in [7, 11) is 0. The molecule has 1 heterocycles. The molecular weight excluding hydrogens is 474 g/mol. The summed E-state index contributed by atoms with van der Waals surface area (Å²) in [5.74, 6) is -2.01. The second-order valence-electron chi connectivity index (χ2n) is 8.40. The first-order chi connectivity index (χ1) is 17.8. The highest BCUT2D eigenvalue weighted by molar-refractivity contribution is 6.51. The molecule has 0 spiro atoms. The minimum atomic E-state index is -1.02. The van der Waals surface area contributed by atoms with Gasteiger partial charge in [0.15, 0.2) is 0 Å². The van der Waals surface area contributed by atoms with E-state index in [-0.39, 0.29) is 23.7 Å². The molecule has 0 bridgehead atoms. The SMILES string of the molecule is CCCOc1ccc(/C(O)=C2\C(=O)C(=O)N(c3ccc(C(=O)OCC)cc3)C2c2cccc(O)c2)cc1. The van der Waals surface area contributed by atoms with Crippen molar-refractivity contribution in [2.75, 3.05) is 18.1 Å². The molecule has 0 aromatic heterocycles. The molecule has 8 nitrogen and oxygen atoms in total. The molecule has 190 valence electrons. The molecule has 1 aliphatic rings. The van der Waals surface area contributed by atoms with Gasteiger partial charge in [0.1, 0.15) is 17.3 Å². The highest BCUT2D eigenvalue weighted by Gasteiger charge is 2.47. The average molecular weight is 502 g/mol. The molecule has 1 atom stereocenters. The van der Waals surface area contributed by atoms with Gasteiger partial charge in [-0.15, -0.1) is 0 Å². The number of aromatic hydroxyl groups is 1. The zero-order chi connectivity index (χ0) is 26.5. The largest absolute Gasteiger partial charge is 0.508 e. The quantitative estimate of drug-likeness (QED) is 0.194. The van der Waals surface area contributed by atoms with Crippen LogP contribution in [0.1, 0.15) is 47.8 Å². The predicted molar refractivity (Wildman–Crippen MR) is 138 cm³/mol. The van der Waals surface area contributed by atoms with E-state index in [0.717, 1.165) is 6.42 Å². The summed E-state index contributed by atoms with van der Waals surface area (Å²) in [5.41, 5.74) is 1.28. The Kier molecular flexibility index (Phi) is 7.57. The average Bonchev–Trinajstić information content (AvgIpc) is 3.17. The molecule has 1 unspecified atom stereocenters. The summed E-state index contributed by atoms with van der Waals surface area (Å²) in [4.78, 5) is 39.9. The minimum absolute atomic E-state index is 0.0572. The van der Waals surface area contributed by atoms with E-state index in [0.29, 0.717) is 34.7 Å². The lowest BCUT2D eigenvalue weighted by atomic mass is 9.95. The molecule has 2 N–H and O–H groups in total. The second kappa shape index (κ2) is 11.0. The van der Waals surface area contributed by atoms with E-state index in [2.05, 4.69) is 0 Å². The number of ether oxygens (including phenoxy) is 2. The molecule has 1 saturated heterocycles. The molecule has 1 aliphatic heterocycles. The maximum absolute atomic E-state index is 13.3. The first kappa shape index (κ1) is 25.5. The van der Waals surface area contributed by atoms with E-state index in [1.165, 1.54) is 41.3 Å². The van der Waals surface area contributed by atoms with Crippen LogP contribution >= 0.6 is 0 Å². The van der Waals surface area contributed by atoms with Crippen LogP contribution < -0.4 is 9.64 Å². The molecule has 8 heteroatoms. The van der Waals surface area contributed by atoms with Gasteiger partial charge in [-0.05, 0) is 79.6 Å². The third kappa shape index (κ3) is 5.18. The molecule has 1 amide bonds. The van der Waals surface area contributed by atoms with Crippen LogP contribution in [0.2, 0.25) is 0 Å². The van der Waals surface area contributed by atoms with E-state index in [4.69, 9.17) is 9.47 Å². The number of esters is 1. The highest BCUT2D eigenvalue weighted by Crippen LogP contribution is 2.43. The third-order valence-electron chi connectivity index (χ3n) is 5.89. The van der Waals surface area contributed by atoms with Gasteiger partial charge in [0.25, 0.3) is 11.7 Å². The number of amides is 1. The molecule has 3 aromatic carbocycles. The van der Waals surface area contributed by atoms with Gasteiger partial charge in [0, 0.05) is 11.3 Å². The van der Waals surface area contributed by atoms with Crippen molar-refractivity contribution in [1.29, 1.82) is 0 Å². The Morgan fingerprint density at radius 3 is 2.24 bits per heavy atom. The summed E-state index contributed by atoms with van der Waals surface area (Å²) in [6, 6.07) is 17.8. The van der Waals surface area contributed by atoms with Crippen molar-refractivity contribution in [3.8, 4) is 11.5 Å². The first-order valence-corrected chi connectivity index (χ1v) is 12.0. The van der Waals surface area contributed by atoms with Crippen molar-refractivity contribution >= 4 is 29.1 Å². The fourth-order valence-electron chi connectivity index (χ4n) is 4.17. The van der Waals surface area contributed by atoms with E-state index in [1.54, 1.807) is 43.3 Å². The molecule has 0 saturated carbocycles. The highest BCUT2D eigenvalue weighted by atomic mass is 16.5. The van der Waals surface area contributed by atoms with Crippen LogP contribution in [0.3, 0.4) is 0 Å². The third-order valence-corrected chi connectivity index (χ3v) is 5.89. The maximum atomic E-state index is 13.3. The van der Waals surface area contributed by atoms with Crippen LogP contribution in [0, 0.1) is 0 Å². The second-order valence-corrected chi connectivity index (χ2v) is 8.40. The lowest BCUT2D eigenvalue weighted by molar-refractivity contribution is -0.132. The smallest absolute Gasteiger partial charge is 0.338 e. The van der Waals surface area contributed by atoms with Crippen molar-refractivity contribution in [1.82, 2.24) is 0 Å². The van der Waals surface area contributed by atoms with Crippen molar-refractivity contribution < 1.29 is 34.1 Å². The number of Topliss-reactive ketones (excluding diaryl/α,β-unsaturated/α-hetero) is 1. The Hall–Kier alpha value is -4.59. The summed E-state index contributed by atoms with van der Waals surface area (Å²) in [5, 5.41) is 21.4. The molecule has 0 aliphatic carbocycles. The zero-order valence-corrected chi connectivity index (χ0v) is 20.5. The number of rotatable bonds is 8. The topological polar surface area (TPSA) is 113 Å². The van der Waals surface area contributed by atoms with E-state index < -0.39 is 23.7 Å². The molecule has 37 heavy (non-hydrogen) atoms. The van der Waals surface area contributed by atoms with Crippen molar-refractivity contribution in [3.05, 3.63) is 95.1 Å². The molecule has 4 rings (SSSR count). The Balaban J connectivity index is 1.80. The van der Waals surface area contributed by atoms with Gasteiger partial charge < -0.3 is 19.7 Å². The number of carbonyl (C=O) groups excluding carboxylic acids is 3. The maximum Gasteiger partial charge on any atom is 0.338 e. The van der Waals surface area contributed by atoms with E-state index in [9.17, 15) is 24.6 Å². The van der Waals surface area contributed by atoms with Gasteiger partial charge in [-0.1, -0.05) is 19.1 Å². The zero-order valence-electron chi connectivity index (χ0n) is 20.5. The summed E-state index contributed by atoms with van der Waals surface area (Å²) in [6.07, 6.45) is 0.843. The van der Waals surface area contributed by atoms with Crippen molar-refractivity contribution in [2.45, 2.75) is 26.3 Å². The van der Waals surface area contributed by atoms with Crippen molar-refractivity contribution in [3.63, 3.8) is 0 Å². The number of aliphatic hydroxyl groups excluding tert-OH is 1. The number of ketones is 1. The lowest BCUT2D eigenvalue weighted by Crippen LogP contribution is -2.29. The standard InChI is InChI=1S/C29H27NO7/c1-3-16-37-23-14-10-18(11-15-23)26(32)24-25(20-6-5-7-22(31)17-20)30(28(34)27(24)33)21-12-8-19(9-13-21)29(35)36-4-2/h5-15,17,25,31-32H,3-4,16H2,1-2H3/b26-24+. The minimum Gasteiger partial charge on any atom is -0.508 e. The number of phenolic OH excluding ortho intramolecular Hbond substituents is 1. The van der Waals surface area contributed by atoms with Crippen molar-refractivity contribution in [2.24, 2.45) is 0 Å². The first-order valence-electron chi connectivity index (χ1n) is 12.0. The van der Waals surface area contributed by atoms with E-state index >= 15 is 0 Å². The Morgan fingerprint density at radius 1 is 0.946 bits per heavy atom. The number of hydrogen-bond acceptors (Lipinski definition) is 7. The number of hydrogen-bond donors (Lipinski definition) is 2. The number of aliphatic hydroxyl groups is 1. The summed E-state index contributed by atoms with van der Waals surface area (Å²) >= 11 is 0. The number of carbonyl (C=O) groups is 3. The Labute approximate surface area is 214 Å². The van der Waals surface area contributed by atoms with Gasteiger partial charge in [-0.2, -0.15) is 0 Å². The van der Waals surface area contributed by atoms with Crippen LogP contribution in [0.4, 0.5) is 5.69 Å². The molecule has 0 radical (unpaired) electrons. The van der Waals surface area contributed by atoms with Crippen LogP contribution in [0.5, 0.6) is 11.5 Å². The Bertz CT molecular complexity index is 1340. The molecular formula is C29H27NO7. The van der Waals surface area contributed by atoms with Crippen LogP contribution in [0.25, 0.3) is 5.76 Å². The van der Waals surface area contributed by atoms with Crippen LogP contribution in [0.15, 0.2) is 78.4 Å². The molecule has 3 aromatic rings. The number of nitrogens with zero attached hydrogens (tertiary/aromatic N) is 1. The summed E-state index contributed by atoms with van der Waals surface area (Å²) in [6.45, 7) is 4.46. The van der Waals surface area contributed by atoms with Crippen LogP contribution in [-0.4, -0.2) is 41.1 Å². The predicted octanol–water partition coefficient (Wildman–Crippen LogP) is 4.98. The monoisotopic (exact) mass is 501 g/mol. The van der Waals surface area contributed by atoms with Gasteiger partial charge in [0.2, 0.25) is 0 Å². The lowest BCUT2D eigenvalue weighted by Gasteiger charge is -2.25. The molecule has 1 fully saturated rings. The van der Waals surface area contributed by atoms with Gasteiger partial charge in [-0.25, -0.2) is 4.79 Å². The van der Waals surface area contributed by atoms with Gasteiger partial charge in [0.05, 0.1) is 30.4 Å². The summed E-state index contributed by atoms with van der Waals surface area (Å²) < 4.78 is 10.6. The normalized spacial score (nSPS) is 16.6. The van der Waals surface area contributed by atoms with E-state index in [1.807, 2.05) is 6.92 Å². The number of benzene rings is 3. The Morgan fingerprint density at radius 2 is 1.62 bits per heavy atom. The van der Waals surface area contributed by atoms with Crippen LogP contribution in [-0.2, 0) is 14.3 Å².